The number of methoxy groups -OCH3 is 1. The SMILES string of the molecule is COc1ccccc1C(C)C(C)Cn1c(=O)n(C(C)(C)C(N)=O)c(=O)c2c(C)c(-c3ncco3)sc21. The van der Waals surface area contributed by atoms with Crippen molar-refractivity contribution in [1.82, 2.24) is 14.1 Å². The van der Waals surface area contributed by atoms with Gasteiger partial charge in [-0.2, -0.15) is 0 Å². The van der Waals surface area contributed by atoms with Gasteiger partial charge in [0.25, 0.3) is 5.56 Å². The Hall–Kier alpha value is -3.66. The van der Waals surface area contributed by atoms with Crippen molar-refractivity contribution in [3.63, 3.8) is 0 Å². The monoisotopic (exact) mass is 510 g/mol. The smallest absolute Gasteiger partial charge is 0.333 e. The van der Waals surface area contributed by atoms with Crippen molar-refractivity contribution in [3.05, 3.63) is 68.7 Å². The van der Waals surface area contributed by atoms with Crippen LogP contribution in [-0.4, -0.2) is 27.1 Å². The van der Waals surface area contributed by atoms with E-state index in [-0.39, 0.29) is 11.8 Å². The number of para-hydroxylation sites is 1. The third-order valence-electron chi connectivity index (χ3n) is 6.95. The fourth-order valence-corrected chi connectivity index (χ4v) is 5.69. The van der Waals surface area contributed by atoms with Crippen LogP contribution in [0.1, 0.15) is 44.7 Å². The van der Waals surface area contributed by atoms with E-state index in [9.17, 15) is 14.4 Å². The lowest BCUT2D eigenvalue weighted by Crippen LogP contribution is -2.54. The van der Waals surface area contributed by atoms with Crippen molar-refractivity contribution in [3.8, 4) is 16.5 Å². The van der Waals surface area contributed by atoms with Crippen LogP contribution in [0.15, 0.2) is 50.7 Å². The quantitative estimate of drug-likeness (QED) is 0.384. The van der Waals surface area contributed by atoms with Gasteiger partial charge < -0.3 is 14.9 Å². The summed E-state index contributed by atoms with van der Waals surface area (Å²) in [7, 11) is 1.63. The minimum Gasteiger partial charge on any atom is -0.496 e. The molecule has 0 radical (unpaired) electrons. The number of hydrogen-bond acceptors (Lipinski definition) is 7. The molecular formula is C26H30N4O5S. The summed E-state index contributed by atoms with van der Waals surface area (Å²) in [6.07, 6.45) is 2.98. The van der Waals surface area contributed by atoms with Gasteiger partial charge in [-0.1, -0.05) is 32.0 Å². The van der Waals surface area contributed by atoms with E-state index < -0.39 is 22.7 Å². The zero-order valence-electron chi connectivity index (χ0n) is 21.2. The lowest BCUT2D eigenvalue weighted by molar-refractivity contribution is -0.125. The molecule has 2 unspecified atom stereocenters. The summed E-state index contributed by atoms with van der Waals surface area (Å²) in [6.45, 7) is 9.16. The maximum Gasteiger partial charge on any atom is 0.333 e. The van der Waals surface area contributed by atoms with Crippen LogP contribution in [0.5, 0.6) is 5.75 Å². The summed E-state index contributed by atoms with van der Waals surface area (Å²) < 4.78 is 13.6. The Morgan fingerprint density at radius 2 is 1.94 bits per heavy atom. The second-order valence-electron chi connectivity index (χ2n) is 9.54. The first kappa shape index (κ1) is 25.4. The Labute approximate surface area is 212 Å². The molecule has 2 atom stereocenters. The van der Waals surface area contributed by atoms with Gasteiger partial charge in [-0.3, -0.25) is 14.2 Å². The Morgan fingerprint density at radius 3 is 2.56 bits per heavy atom. The van der Waals surface area contributed by atoms with Gasteiger partial charge in [0.2, 0.25) is 11.8 Å². The molecule has 0 aliphatic heterocycles. The van der Waals surface area contributed by atoms with E-state index in [1.807, 2.05) is 31.2 Å². The molecule has 190 valence electrons. The minimum absolute atomic E-state index is 0.0277. The highest BCUT2D eigenvalue weighted by Crippen LogP contribution is 2.37. The number of benzene rings is 1. The molecule has 0 saturated heterocycles. The summed E-state index contributed by atoms with van der Waals surface area (Å²) >= 11 is 1.27. The molecule has 4 rings (SSSR count). The number of amides is 1. The number of primary amides is 1. The van der Waals surface area contributed by atoms with Crippen LogP contribution < -0.4 is 21.7 Å². The molecule has 2 N–H and O–H groups in total. The predicted molar refractivity (Wildman–Crippen MR) is 140 cm³/mol. The molecule has 10 heteroatoms. The Kier molecular flexibility index (Phi) is 6.66. The van der Waals surface area contributed by atoms with E-state index in [1.54, 1.807) is 18.6 Å². The molecule has 0 aliphatic rings. The van der Waals surface area contributed by atoms with Gasteiger partial charge in [0.1, 0.15) is 22.4 Å². The minimum atomic E-state index is -1.53. The van der Waals surface area contributed by atoms with Crippen LogP contribution in [0.2, 0.25) is 0 Å². The third-order valence-corrected chi connectivity index (χ3v) is 8.26. The number of nitrogens with zero attached hydrogens (tertiary/aromatic N) is 3. The number of fused-ring (bicyclic) bond motifs is 1. The van der Waals surface area contributed by atoms with E-state index in [0.29, 0.717) is 33.1 Å². The number of aromatic nitrogens is 3. The Balaban J connectivity index is 1.96. The summed E-state index contributed by atoms with van der Waals surface area (Å²) in [5.41, 5.74) is 4.60. The molecular weight excluding hydrogens is 480 g/mol. The van der Waals surface area contributed by atoms with E-state index in [0.717, 1.165) is 15.9 Å². The lowest BCUT2D eigenvalue weighted by atomic mass is 9.88. The molecule has 4 aromatic rings. The summed E-state index contributed by atoms with van der Waals surface area (Å²) in [5, 5.41) is 0.347. The standard InChI is InChI=1S/C26H30N4O5S/c1-14(15(2)17-9-7-8-10-18(17)34-6)13-29-23-19(16(3)20(36-23)21-28-11-12-35-21)22(31)30(25(29)33)26(4,5)24(27)32/h7-12,14-15H,13H2,1-6H3,(H2,27,32). The van der Waals surface area contributed by atoms with Gasteiger partial charge >= 0.3 is 5.69 Å². The van der Waals surface area contributed by atoms with Crippen molar-refractivity contribution in [1.29, 1.82) is 0 Å². The highest BCUT2D eigenvalue weighted by atomic mass is 32.1. The van der Waals surface area contributed by atoms with Gasteiger partial charge in [-0.25, -0.2) is 14.3 Å². The summed E-state index contributed by atoms with van der Waals surface area (Å²) in [6, 6.07) is 7.77. The van der Waals surface area contributed by atoms with Crippen LogP contribution in [0, 0.1) is 12.8 Å². The first-order valence-corrected chi connectivity index (χ1v) is 12.4. The van der Waals surface area contributed by atoms with Crippen LogP contribution in [0.25, 0.3) is 21.0 Å². The molecule has 1 aromatic carbocycles. The Bertz CT molecular complexity index is 1550. The third kappa shape index (κ3) is 4.05. The van der Waals surface area contributed by atoms with Crippen molar-refractivity contribution in [2.24, 2.45) is 11.7 Å². The first-order chi connectivity index (χ1) is 17.0. The van der Waals surface area contributed by atoms with E-state index in [2.05, 4.69) is 11.9 Å². The van der Waals surface area contributed by atoms with Crippen LogP contribution in [0.4, 0.5) is 0 Å². The molecule has 9 nitrogen and oxygen atoms in total. The van der Waals surface area contributed by atoms with Gasteiger partial charge in [-0.05, 0) is 49.8 Å². The number of thiophene rings is 1. The van der Waals surface area contributed by atoms with Gasteiger partial charge in [0.05, 0.1) is 23.6 Å². The highest BCUT2D eigenvalue weighted by molar-refractivity contribution is 7.22. The number of hydrogen-bond donors (Lipinski definition) is 1. The molecule has 0 fully saturated rings. The fraction of sp³-hybridized carbons (Fsp3) is 0.385. The first-order valence-electron chi connectivity index (χ1n) is 11.6. The van der Waals surface area contributed by atoms with Gasteiger partial charge in [0, 0.05) is 6.54 Å². The molecule has 36 heavy (non-hydrogen) atoms. The predicted octanol–water partition coefficient (Wildman–Crippen LogP) is 3.86. The zero-order chi connectivity index (χ0) is 26.4. The number of ether oxygens (including phenoxy) is 1. The van der Waals surface area contributed by atoms with Crippen molar-refractivity contribution in [2.75, 3.05) is 7.11 Å². The zero-order valence-corrected chi connectivity index (χ0v) is 22.0. The van der Waals surface area contributed by atoms with Gasteiger partial charge in [0.15, 0.2) is 0 Å². The maximum atomic E-state index is 13.8. The van der Waals surface area contributed by atoms with Crippen LogP contribution in [-0.2, 0) is 16.9 Å². The number of carbonyl (C=O) groups excluding carboxylic acids is 1. The van der Waals surface area contributed by atoms with Crippen molar-refractivity contribution < 1.29 is 13.9 Å². The number of aryl methyl sites for hydroxylation is 1. The number of carbonyl (C=O) groups is 1. The summed E-state index contributed by atoms with van der Waals surface area (Å²) in [4.78, 5) is 45.2. The maximum absolute atomic E-state index is 13.8. The van der Waals surface area contributed by atoms with Gasteiger partial charge in [-0.15, -0.1) is 11.3 Å². The molecule has 0 spiro atoms. The largest absolute Gasteiger partial charge is 0.496 e. The molecule has 1 amide bonds. The van der Waals surface area contributed by atoms with E-state index >= 15 is 0 Å². The molecule has 0 bridgehead atoms. The number of oxazole rings is 1. The second-order valence-corrected chi connectivity index (χ2v) is 10.5. The highest BCUT2D eigenvalue weighted by Gasteiger charge is 2.34. The normalized spacial score (nSPS) is 13.6. The molecule has 3 heterocycles. The van der Waals surface area contributed by atoms with E-state index in [1.165, 1.54) is 37.6 Å². The summed E-state index contributed by atoms with van der Waals surface area (Å²) in [5.74, 6) is 0.358. The van der Waals surface area contributed by atoms with Crippen LogP contribution >= 0.6 is 11.3 Å². The average Bonchev–Trinajstić information content (AvgIpc) is 3.49. The average molecular weight is 511 g/mol. The molecule has 3 aromatic heterocycles. The Morgan fingerprint density at radius 1 is 1.25 bits per heavy atom. The molecule has 0 saturated carbocycles. The van der Waals surface area contributed by atoms with E-state index in [4.69, 9.17) is 14.9 Å². The topological polar surface area (TPSA) is 122 Å². The lowest BCUT2D eigenvalue weighted by Gasteiger charge is -2.27. The molecule has 0 aliphatic carbocycles. The number of nitrogens with two attached hydrogens (primary N) is 1. The van der Waals surface area contributed by atoms with Crippen molar-refractivity contribution in [2.45, 2.75) is 52.6 Å². The fourth-order valence-electron chi connectivity index (χ4n) is 4.45. The second kappa shape index (κ2) is 9.42. The van der Waals surface area contributed by atoms with Crippen LogP contribution in [0.3, 0.4) is 0 Å². The van der Waals surface area contributed by atoms with Crippen molar-refractivity contribution >= 4 is 27.5 Å². The number of rotatable bonds is 8.